The summed E-state index contributed by atoms with van der Waals surface area (Å²) in [4.78, 5) is 21.0. The van der Waals surface area contributed by atoms with E-state index in [2.05, 4.69) is 15.3 Å². The van der Waals surface area contributed by atoms with Gasteiger partial charge in [-0.25, -0.2) is 9.97 Å². The van der Waals surface area contributed by atoms with Crippen LogP contribution >= 0.6 is 11.3 Å². The number of carbonyl (C=O) groups excluding carboxylic acids is 1. The maximum absolute atomic E-state index is 12.1. The van der Waals surface area contributed by atoms with Crippen LogP contribution in [0.3, 0.4) is 0 Å². The molecule has 0 fully saturated rings. The molecule has 0 spiro atoms. The van der Waals surface area contributed by atoms with E-state index in [0.29, 0.717) is 16.5 Å². The summed E-state index contributed by atoms with van der Waals surface area (Å²) in [7, 11) is 1.62. The van der Waals surface area contributed by atoms with E-state index in [1.807, 2.05) is 31.2 Å². The molecular weight excluding hydrogens is 314 g/mol. The predicted molar refractivity (Wildman–Crippen MR) is 86.5 cm³/mol. The SMILES string of the molecule is COc1ccc(-c2ncc(C(=O)NCc3ncc(C)o3)s2)cc1. The second-order valence-corrected chi connectivity index (χ2v) is 5.84. The van der Waals surface area contributed by atoms with E-state index in [-0.39, 0.29) is 12.5 Å². The summed E-state index contributed by atoms with van der Waals surface area (Å²) in [6.07, 6.45) is 3.19. The van der Waals surface area contributed by atoms with Gasteiger partial charge in [0.05, 0.1) is 26.0 Å². The van der Waals surface area contributed by atoms with Crippen LogP contribution in [0, 0.1) is 6.92 Å². The number of methoxy groups -OCH3 is 1. The number of ether oxygens (including phenoxy) is 1. The largest absolute Gasteiger partial charge is 0.497 e. The van der Waals surface area contributed by atoms with E-state index in [0.717, 1.165) is 16.3 Å². The Bertz CT molecular complexity index is 808. The zero-order chi connectivity index (χ0) is 16.2. The summed E-state index contributed by atoms with van der Waals surface area (Å²) in [6, 6.07) is 7.55. The zero-order valence-electron chi connectivity index (χ0n) is 12.7. The van der Waals surface area contributed by atoms with Gasteiger partial charge in [0.15, 0.2) is 0 Å². The van der Waals surface area contributed by atoms with E-state index in [1.165, 1.54) is 11.3 Å². The van der Waals surface area contributed by atoms with Crippen LogP contribution in [-0.2, 0) is 6.54 Å². The fraction of sp³-hybridized carbons (Fsp3) is 0.188. The minimum atomic E-state index is -0.196. The normalized spacial score (nSPS) is 10.5. The Morgan fingerprint density at radius 1 is 1.26 bits per heavy atom. The monoisotopic (exact) mass is 329 g/mol. The first-order valence-electron chi connectivity index (χ1n) is 6.95. The number of rotatable bonds is 5. The topological polar surface area (TPSA) is 77.2 Å². The molecule has 7 heteroatoms. The molecule has 0 aliphatic heterocycles. The summed E-state index contributed by atoms with van der Waals surface area (Å²) >= 11 is 1.33. The Balaban J connectivity index is 1.66. The van der Waals surface area contributed by atoms with Crippen molar-refractivity contribution >= 4 is 17.2 Å². The van der Waals surface area contributed by atoms with E-state index in [9.17, 15) is 4.79 Å². The Hall–Kier alpha value is -2.67. The van der Waals surface area contributed by atoms with Crippen LogP contribution in [0.15, 0.2) is 41.1 Å². The molecule has 6 nitrogen and oxygen atoms in total. The van der Waals surface area contributed by atoms with Crippen molar-refractivity contribution < 1.29 is 13.9 Å². The third-order valence-corrected chi connectivity index (χ3v) is 4.18. The van der Waals surface area contributed by atoms with E-state index in [4.69, 9.17) is 9.15 Å². The predicted octanol–water partition coefficient (Wildman–Crippen LogP) is 3.05. The van der Waals surface area contributed by atoms with Gasteiger partial charge in [-0.3, -0.25) is 4.79 Å². The molecule has 0 aliphatic carbocycles. The van der Waals surface area contributed by atoms with Crippen LogP contribution in [0.5, 0.6) is 5.75 Å². The van der Waals surface area contributed by atoms with Crippen LogP contribution < -0.4 is 10.1 Å². The number of nitrogens with zero attached hydrogens (tertiary/aromatic N) is 2. The fourth-order valence-corrected chi connectivity index (χ4v) is 2.81. The number of amides is 1. The minimum absolute atomic E-state index is 0.196. The standard InChI is InChI=1S/C16H15N3O3S/c1-10-7-17-14(22-10)9-18-15(20)13-8-19-16(23-13)11-3-5-12(21-2)6-4-11/h3-8H,9H2,1-2H3,(H,18,20). The molecule has 1 amide bonds. The Morgan fingerprint density at radius 3 is 2.70 bits per heavy atom. The van der Waals surface area contributed by atoms with Gasteiger partial charge in [-0.05, 0) is 31.2 Å². The summed E-state index contributed by atoms with van der Waals surface area (Å²) in [5.41, 5.74) is 0.943. The van der Waals surface area contributed by atoms with Crippen molar-refractivity contribution in [2.24, 2.45) is 0 Å². The molecule has 23 heavy (non-hydrogen) atoms. The number of aryl methyl sites for hydroxylation is 1. The lowest BCUT2D eigenvalue weighted by Gasteiger charge is -2.00. The van der Waals surface area contributed by atoms with Crippen molar-refractivity contribution in [2.45, 2.75) is 13.5 Å². The quantitative estimate of drug-likeness (QED) is 0.778. The number of benzene rings is 1. The van der Waals surface area contributed by atoms with Crippen LogP contribution in [0.25, 0.3) is 10.6 Å². The summed E-state index contributed by atoms with van der Waals surface area (Å²) in [5, 5.41) is 3.55. The Morgan fingerprint density at radius 2 is 2.04 bits per heavy atom. The first-order chi connectivity index (χ1) is 11.2. The molecule has 3 aromatic rings. The minimum Gasteiger partial charge on any atom is -0.497 e. The number of hydrogen-bond acceptors (Lipinski definition) is 6. The third-order valence-electron chi connectivity index (χ3n) is 3.14. The van der Waals surface area contributed by atoms with Crippen LogP contribution in [0.2, 0.25) is 0 Å². The molecule has 0 saturated carbocycles. The first-order valence-corrected chi connectivity index (χ1v) is 7.77. The third kappa shape index (κ3) is 3.57. The van der Waals surface area contributed by atoms with Crippen molar-refractivity contribution in [3.8, 4) is 16.3 Å². The van der Waals surface area contributed by atoms with Crippen molar-refractivity contribution in [3.05, 3.63) is 53.2 Å². The lowest BCUT2D eigenvalue weighted by Crippen LogP contribution is -2.21. The highest BCUT2D eigenvalue weighted by molar-refractivity contribution is 7.16. The molecule has 0 saturated heterocycles. The number of hydrogen-bond donors (Lipinski definition) is 1. The van der Waals surface area contributed by atoms with Crippen LogP contribution in [-0.4, -0.2) is 23.0 Å². The molecule has 3 rings (SSSR count). The number of aromatic nitrogens is 2. The molecular formula is C16H15N3O3S. The molecule has 0 aliphatic rings. The Kier molecular flexibility index (Phi) is 4.38. The van der Waals surface area contributed by atoms with Gasteiger partial charge in [0.1, 0.15) is 21.4 Å². The molecule has 0 radical (unpaired) electrons. The Labute approximate surface area is 137 Å². The van der Waals surface area contributed by atoms with Gasteiger partial charge < -0.3 is 14.5 Å². The first kappa shape index (κ1) is 15.2. The smallest absolute Gasteiger partial charge is 0.263 e. The summed E-state index contributed by atoms with van der Waals surface area (Å²) in [6.45, 7) is 2.06. The van der Waals surface area contributed by atoms with Gasteiger partial charge in [0.25, 0.3) is 5.91 Å². The maximum atomic E-state index is 12.1. The average Bonchev–Trinajstić information content (AvgIpc) is 3.22. The van der Waals surface area contributed by atoms with Gasteiger partial charge >= 0.3 is 0 Å². The molecule has 0 unspecified atom stereocenters. The molecule has 118 valence electrons. The molecule has 0 bridgehead atoms. The van der Waals surface area contributed by atoms with Gasteiger partial charge in [-0.1, -0.05) is 0 Å². The van der Waals surface area contributed by atoms with Crippen molar-refractivity contribution in [3.63, 3.8) is 0 Å². The van der Waals surface area contributed by atoms with Crippen LogP contribution in [0.1, 0.15) is 21.3 Å². The van der Waals surface area contributed by atoms with Gasteiger partial charge in [0, 0.05) is 5.56 Å². The van der Waals surface area contributed by atoms with E-state index < -0.39 is 0 Å². The second kappa shape index (κ2) is 6.62. The molecule has 1 aromatic carbocycles. The number of thiazole rings is 1. The van der Waals surface area contributed by atoms with E-state index in [1.54, 1.807) is 19.5 Å². The van der Waals surface area contributed by atoms with Gasteiger partial charge in [-0.2, -0.15) is 0 Å². The highest BCUT2D eigenvalue weighted by atomic mass is 32.1. The lowest BCUT2D eigenvalue weighted by molar-refractivity contribution is 0.0951. The highest BCUT2D eigenvalue weighted by Crippen LogP contribution is 2.26. The van der Waals surface area contributed by atoms with Crippen molar-refractivity contribution in [2.75, 3.05) is 7.11 Å². The van der Waals surface area contributed by atoms with Crippen molar-refractivity contribution in [1.82, 2.24) is 15.3 Å². The van der Waals surface area contributed by atoms with E-state index >= 15 is 0 Å². The molecule has 2 aromatic heterocycles. The highest BCUT2D eigenvalue weighted by Gasteiger charge is 2.12. The summed E-state index contributed by atoms with van der Waals surface area (Å²) < 4.78 is 10.4. The fourth-order valence-electron chi connectivity index (χ4n) is 1.97. The maximum Gasteiger partial charge on any atom is 0.263 e. The molecule has 0 atom stereocenters. The molecule has 2 heterocycles. The lowest BCUT2D eigenvalue weighted by atomic mass is 10.2. The van der Waals surface area contributed by atoms with Crippen LogP contribution in [0.4, 0.5) is 0 Å². The number of carbonyl (C=O) groups is 1. The number of oxazole rings is 1. The van der Waals surface area contributed by atoms with Crippen molar-refractivity contribution in [1.29, 1.82) is 0 Å². The van der Waals surface area contributed by atoms with Gasteiger partial charge in [0.2, 0.25) is 5.89 Å². The average molecular weight is 329 g/mol. The summed E-state index contributed by atoms with van der Waals surface area (Å²) in [5.74, 6) is 1.78. The zero-order valence-corrected chi connectivity index (χ0v) is 13.5. The molecule has 1 N–H and O–H groups in total. The van der Waals surface area contributed by atoms with Gasteiger partial charge in [-0.15, -0.1) is 11.3 Å². The number of nitrogens with one attached hydrogen (secondary N) is 1. The second-order valence-electron chi connectivity index (χ2n) is 4.81.